The molecule has 30 heavy (non-hydrogen) atoms. The Labute approximate surface area is 177 Å². The number of hydrogen-bond donors (Lipinski definition) is 1. The number of morpholine rings is 1. The number of carbonyl (C=O) groups is 1. The monoisotopic (exact) mass is 416 g/mol. The minimum absolute atomic E-state index is 0.00112. The molecule has 1 aliphatic heterocycles. The maximum absolute atomic E-state index is 12.4. The van der Waals surface area contributed by atoms with E-state index >= 15 is 0 Å². The van der Waals surface area contributed by atoms with E-state index < -0.39 is 0 Å². The number of nitrogens with zero attached hydrogens (tertiary/aromatic N) is 3. The molecule has 1 aliphatic rings. The number of carbonyl (C=O) groups excluding carboxylic acids is 1. The van der Waals surface area contributed by atoms with Gasteiger partial charge >= 0.3 is 0 Å². The molecule has 0 spiro atoms. The average Bonchev–Trinajstić information content (AvgIpc) is 3.24. The van der Waals surface area contributed by atoms with Gasteiger partial charge in [-0.2, -0.15) is 4.98 Å². The molecule has 1 unspecified atom stereocenters. The molecule has 1 fully saturated rings. The highest BCUT2D eigenvalue weighted by Gasteiger charge is 2.22. The predicted octanol–water partition coefficient (Wildman–Crippen LogP) is 2.54. The Balaban J connectivity index is 1.47. The van der Waals surface area contributed by atoms with Crippen LogP contribution in [0.15, 0.2) is 28.8 Å². The first-order valence-corrected chi connectivity index (χ1v) is 10.6. The first-order chi connectivity index (χ1) is 14.5. The fourth-order valence-corrected chi connectivity index (χ4v) is 3.60. The van der Waals surface area contributed by atoms with Gasteiger partial charge in [0.05, 0.1) is 20.3 Å². The van der Waals surface area contributed by atoms with Crippen LogP contribution in [0.25, 0.3) is 11.4 Å². The SMILES string of the molecule is COc1ccc(-c2noc(CCC(=O)NCC(CC(C)C)N3CCOCC3)n2)cc1. The zero-order chi connectivity index (χ0) is 21.3. The molecule has 8 nitrogen and oxygen atoms in total. The van der Waals surface area contributed by atoms with E-state index in [1.54, 1.807) is 7.11 Å². The molecule has 0 aliphatic carbocycles. The molecule has 164 valence electrons. The topological polar surface area (TPSA) is 89.7 Å². The number of nitrogens with one attached hydrogen (secondary N) is 1. The number of aryl methyl sites for hydroxylation is 1. The summed E-state index contributed by atoms with van der Waals surface area (Å²) in [6.45, 7) is 8.44. The Kier molecular flexibility index (Phi) is 8.21. The largest absolute Gasteiger partial charge is 0.497 e. The predicted molar refractivity (Wildman–Crippen MR) is 113 cm³/mol. The number of rotatable bonds is 10. The third kappa shape index (κ3) is 6.53. The third-order valence-corrected chi connectivity index (χ3v) is 5.22. The maximum Gasteiger partial charge on any atom is 0.227 e. The summed E-state index contributed by atoms with van der Waals surface area (Å²) < 4.78 is 15.9. The standard InChI is InChI=1S/C22H32N4O4/c1-16(2)14-18(26-10-12-29-13-11-26)15-23-20(27)8-9-21-24-22(25-30-21)17-4-6-19(28-3)7-5-17/h4-7,16,18H,8-15H2,1-3H3,(H,23,27). The summed E-state index contributed by atoms with van der Waals surface area (Å²) in [4.78, 5) is 19.2. The van der Waals surface area contributed by atoms with Gasteiger partial charge in [-0.05, 0) is 36.6 Å². The van der Waals surface area contributed by atoms with E-state index in [0.29, 0.717) is 43.1 Å². The highest BCUT2D eigenvalue weighted by Crippen LogP contribution is 2.20. The normalized spacial score (nSPS) is 15.9. The van der Waals surface area contributed by atoms with Gasteiger partial charge in [0.2, 0.25) is 17.6 Å². The zero-order valence-corrected chi connectivity index (χ0v) is 18.1. The molecule has 1 amide bonds. The summed E-state index contributed by atoms with van der Waals surface area (Å²) in [5.41, 5.74) is 0.845. The van der Waals surface area contributed by atoms with Crippen LogP contribution in [0.5, 0.6) is 5.75 Å². The van der Waals surface area contributed by atoms with E-state index in [1.807, 2.05) is 24.3 Å². The quantitative estimate of drug-likeness (QED) is 0.636. The second kappa shape index (κ2) is 11.1. The van der Waals surface area contributed by atoms with Crippen molar-refractivity contribution in [2.75, 3.05) is 40.0 Å². The van der Waals surface area contributed by atoms with Gasteiger partial charge in [-0.15, -0.1) is 0 Å². The van der Waals surface area contributed by atoms with Gasteiger partial charge in [-0.3, -0.25) is 9.69 Å². The van der Waals surface area contributed by atoms with Gasteiger partial charge < -0.3 is 19.3 Å². The summed E-state index contributed by atoms with van der Waals surface area (Å²) in [5.74, 6) is 2.32. The number of methoxy groups -OCH3 is 1. The maximum atomic E-state index is 12.4. The van der Waals surface area contributed by atoms with Crippen molar-refractivity contribution < 1.29 is 18.8 Å². The molecule has 1 aromatic heterocycles. The van der Waals surface area contributed by atoms with Crippen LogP contribution in [0, 0.1) is 5.92 Å². The number of amides is 1. The lowest BCUT2D eigenvalue weighted by Gasteiger charge is -2.35. The van der Waals surface area contributed by atoms with Crippen molar-refractivity contribution in [2.45, 2.75) is 39.2 Å². The van der Waals surface area contributed by atoms with Crippen molar-refractivity contribution in [1.82, 2.24) is 20.4 Å². The van der Waals surface area contributed by atoms with Gasteiger partial charge in [0, 0.05) is 44.1 Å². The molecule has 0 saturated carbocycles. The summed E-state index contributed by atoms with van der Waals surface area (Å²) in [7, 11) is 1.62. The fourth-order valence-electron chi connectivity index (χ4n) is 3.60. The Morgan fingerprint density at radius 2 is 1.97 bits per heavy atom. The second-order valence-corrected chi connectivity index (χ2v) is 7.98. The Hall–Kier alpha value is -2.45. The number of aromatic nitrogens is 2. The van der Waals surface area contributed by atoms with Crippen molar-refractivity contribution in [3.8, 4) is 17.1 Å². The van der Waals surface area contributed by atoms with Gasteiger partial charge in [0.25, 0.3) is 0 Å². The van der Waals surface area contributed by atoms with Crippen LogP contribution in [0.3, 0.4) is 0 Å². The number of ether oxygens (including phenoxy) is 2. The average molecular weight is 417 g/mol. The van der Waals surface area contributed by atoms with E-state index in [0.717, 1.165) is 44.0 Å². The van der Waals surface area contributed by atoms with Crippen LogP contribution < -0.4 is 10.1 Å². The lowest BCUT2D eigenvalue weighted by atomic mass is 10.0. The summed E-state index contributed by atoms with van der Waals surface area (Å²) in [5, 5.41) is 7.09. The van der Waals surface area contributed by atoms with Gasteiger partial charge in [-0.25, -0.2) is 0 Å². The van der Waals surface area contributed by atoms with Crippen molar-refractivity contribution in [3.05, 3.63) is 30.2 Å². The van der Waals surface area contributed by atoms with Gasteiger partial charge in [0.1, 0.15) is 5.75 Å². The van der Waals surface area contributed by atoms with Crippen molar-refractivity contribution in [3.63, 3.8) is 0 Å². The number of hydrogen-bond acceptors (Lipinski definition) is 7. The van der Waals surface area contributed by atoms with Crippen LogP contribution in [0.2, 0.25) is 0 Å². The molecule has 2 heterocycles. The number of benzene rings is 1. The van der Waals surface area contributed by atoms with Gasteiger partial charge in [-0.1, -0.05) is 19.0 Å². The van der Waals surface area contributed by atoms with E-state index in [2.05, 4.69) is 34.2 Å². The van der Waals surface area contributed by atoms with E-state index in [-0.39, 0.29) is 5.91 Å². The molecule has 1 atom stereocenters. The minimum Gasteiger partial charge on any atom is -0.497 e. The Morgan fingerprint density at radius 3 is 2.63 bits per heavy atom. The lowest BCUT2D eigenvalue weighted by Crippen LogP contribution is -2.49. The molecule has 2 aromatic rings. The Bertz CT molecular complexity index is 785. The highest BCUT2D eigenvalue weighted by molar-refractivity contribution is 5.76. The molecule has 0 radical (unpaired) electrons. The molecule has 8 heteroatoms. The van der Waals surface area contributed by atoms with Crippen LogP contribution in [0.4, 0.5) is 0 Å². The third-order valence-electron chi connectivity index (χ3n) is 5.22. The van der Waals surface area contributed by atoms with Crippen LogP contribution in [-0.2, 0) is 16.0 Å². The fraction of sp³-hybridized carbons (Fsp3) is 0.591. The summed E-state index contributed by atoms with van der Waals surface area (Å²) in [6, 6.07) is 7.78. The molecule has 1 saturated heterocycles. The minimum atomic E-state index is 0.00112. The van der Waals surface area contributed by atoms with Crippen LogP contribution >= 0.6 is 0 Å². The van der Waals surface area contributed by atoms with Crippen molar-refractivity contribution >= 4 is 5.91 Å². The summed E-state index contributed by atoms with van der Waals surface area (Å²) >= 11 is 0. The van der Waals surface area contributed by atoms with Crippen LogP contribution in [0.1, 0.15) is 32.6 Å². The second-order valence-electron chi connectivity index (χ2n) is 7.98. The first kappa shape index (κ1) is 22.2. The van der Waals surface area contributed by atoms with Gasteiger partial charge in [0.15, 0.2) is 0 Å². The van der Waals surface area contributed by atoms with E-state index in [4.69, 9.17) is 14.0 Å². The first-order valence-electron chi connectivity index (χ1n) is 10.6. The smallest absolute Gasteiger partial charge is 0.227 e. The molecular weight excluding hydrogens is 384 g/mol. The molecule has 1 N–H and O–H groups in total. The van der Waals surface area contributed by atoms with Crippen molar-refractivity contribution in [1.29, 1.82) is 0 Å². The van der Waals surface area contributed by atoms with E-state index in [9.17, 15) is 4.79 Å². The highest BCUT2D eigenvalue weighted by atomic mass is 16.5. The lowest BCUT2D eigenvalue weighted by molar-refractivity contribution is -0.121. The molecule has 0 bridgehead atoms. The molecule has 3 rings (SSSR count). The summed E-state index contributed by atoms with van der Waals surface area (Å²) in [6.07, 6.45) is 1.79. The molecular formula is C22H32N4O4. The Morgan fingerprint density at radius 1 is 1.23 bits per heavy atom. The molecule has 1 aromatic carbocycles. The zero-order valence-electron chi connectivity index (χ0n) is 18.1. The van der Waals surface area contributed by atoms with Crippen molar-refractivity contribution in [2.24, 2.45) is 5.92 Å². The van der Waals surface area contributed by atoms with Crippen LogP contribution in [-0.4, -0.2) is 66.9 Å². The van der Waals surface area contributed by atoms with E-state index in [1.165, 1.54) is 0 Å².